The largest absolute Gasteiger partial charge is 0.419 e. The monoisotopic (exact) mass is 610 g/mol. The Balaban J connectivity index is 1.32. The van der Waals surface area contributed by atoms with Crippen molar-refractivity contribution in [2.24, 2.45) is 0 Å². The predicted octanol–water partition coefficient (Wildman–Crippen LogP) is 5.78. The van der Waals surface area contributed by atoms with Gasteiger partial charge in [0.15, 0.2) is 0 Å². The van der Waals surface area contributed by atoms with Crippen molar-refractivity contribution >= 4 is 35.1 Å². The lowest BCUT2D eigenvalue weighted by Crippen LogP contribution is -2.53. The van der Waals surface area contributed by atoms with Crippen LogP contribution in [-0.4, -0.2) is 83.1 Å². The number of alkyl halides is 3. The van der Waals surface area contributed by atoms with Crippen molar-refractivity contribution in [1.29, 1.82) is 0 Å². The number of aromatic nitrogens is 2. The highest BCUT2D eigenvalue weighted by atomic mass is 35.5. The third kappa shape index (κ3) is 6.52. The quantitative estimate of drug-likeness (QED) is 0.343. The number of nitrogens with zero attached hydrogens (tertiary/aromatic N) is 6. The summed E-state index contributed by atoms with van der Waals surface area (Å²) in [6.07, 6.45) is 0.181. The summed E-state index contributed by atoms with van der Waals surface area (Å²) in [5, 5.41) is 0.799. The van der Waals surface area contributed by atoms with E-state index in [-0.39, 0.29) is 24.5 Å². The highest BCUT2D eigenvalue weighted by Gasteiger charge is 2.41. The molecule has 2 unspecified atom stereocenters. The lowest BCUT2D eigenvalue weighted by molar-refractivity contribution is -0.140. The van der Waals surface area contributed by atoms with Crippen LogP contribution < -0.4 is 4.90 Å². The molecule has 2 amide bonds. The van der Waals surface area contributed by atoms with Gasteiger partial charge in [-0.05, 0) is 42.4 Å². The molecule has 0 aliphatic carbocycles. The van der Waals surface area contributed by atoms with Gasteiger partial charge in [-0.1, -0.05) is 35.3 Å². The molecule has 0 spiro atoms. The number of halogens is 6. The fourth-order valence-corrected chi connectivity index (χ4v) is 5.84. The first kappa shape index (κ1) is 29.3. The van der Waals surface area contributed by atoms with Crippen LogP contribution in [0.1, 0.15) is 22.6 Å². The van der Waals surface area contributed by atoms with Crippen molar-refractivity contribution < 1.29 is 22.4 Å². The van der Waals surface area contributed by atoms with Crippen molar-refractivity contribution in [3.05, 3.63) is 87.5 Å². The number of benzene rings is 2. The molecule has 3 aromatic rings. The van der Waals surface area contributed by atoms with Crippen molar-refractivity contribution in [2.75, 3.05) is 51.2 Å². The van der Waals surface area contributed by atoms with E-state index in [2.05, 4.69) is 14.9 Å². The van der Waals surface area contributed by atoms with Gasteiger partial charge in [0.25, 0.3) is 0 Å². The normalized spacial score (nSPS) is 19.8. The molecule has 0 bridgehead atoms. The Morgan fingerprint density at radius 1 is 1.00 bits per heavy atom. The number of carbonyl (C=O) groups is 1. The molecule has 41 heavy (non-hydrogen) atoms. The van der Waals surface area contributed by atoms with E-state index in [4.69, 9.17) is 23.2 Å². The van der Waals surface area contributed by atoms with E-state index < -0.39 is 17.6 Å². The van der Waals surface area contributed by atoms with Crippen LogP contribution in [0.4, 0.5) is 28.2 Å². The van der Waals surface area contributed by atoms with E-state index in [1.807, 2.05) is 22.9 Å². The van der Waals surface area contributed by atoms with Gasteiger partial charge in [-0.2, -0.15) is 13.2 Å². The summed E-state index contributed by atoms with van der Waals surface area (Å²) in [5.41, 5.74) is -0.0111. The number of piperazine rings is 1. The van der Waals surface area contributed by atoms with E-state index in [0.717, 1.165) is 23.5 Å². The topological polar surface area (TPSA) is 55.8 Å². The second-order valence-electron chi connectivity index (χ2n) is 10.3. The van der Waals surface area contributed by atoms with E-state index >= 15 is 0 Å². The molecular formula is C28H28Cl2F4N6O. The molecule has 5 rings (SSSR count). The van der Waals surface area contributed by atoms with Gasteiger partial charge in [0.2, 0.25) is 0 Å². The van der Waals surface area contributed by atoms with Crippen LogP contribution in [0.5, 0.6) is 0 Å². The Bertz CT molecular complexity index is 1390. The highest BCUT2D eigenvalue weighted by molar-refractivity contribution is 6.42. The molecule has 218 valence electrons. The van der Waals surface area contributed by atoms with Gasteiger partial charge in [-0.3, -0.25) is 9.88 Å². The molecule has 2 aromatic carbocycles. The number of urea groups is 1. The van der Waals surface area contributed by atoms with Crippen molar-refractivity contribution in [3.63, 3.8) is 0 Å². The second-order valence-corrected chi connectivity index (χ2v) is 11.1. The van der Waals surface area contributed by atoms with E-state index in [9.17, 15) is 22.4 Å². The van der Waals surface area contributed by atoms with E-state index in [0.29, 0.717) is 54.9 Å². The molecule has 7 nitrogen and oxygen atoms in total. The molecule has 2 fully saturated rings. The summed E-state index contributed by atoms with van der Waals surface area (Å²) in [6.45, 7) is 3.28. The van der Waals surface area contributed by atoms with Gasteiger partial charge in [-0.25, -0.2) is 14.2 Å². The maximum absolute atomic E-state index is 14.3. The molecule has 2 saturated heterocycles. The number of hydrogen-bond acceptors (Lipinski definition) is 5. The molecule has 0 saturated carbocycles. The Morgan fingerprint density at radius 3 is 2.39 bits per heavy atom. The number of carbonyl (C=O) groups excluding carboxylic acids is 1. The fraction of sp³-hybridized carbons (Fsp3) is 0.393. The Hall–Kier alpha value is -3.15. The summed E-state index contributed by atoms with van der Waals surface area (Å²) < 4.78 is 53.4. The van der Waals surface area contributed by atoms with Crippen LogP contribution in [0.3, 0.4) is 0 Å². The molecule has 1 aromatic heterocycles. The second kappa shape index (κ2) is 12.0. The number of rotatable bonds is 5. The highest BCUT2D eigenvalue weighted by Crippen LogP contribution is 2.36. The summed E-state index contributed by atoms with van der Waals surface area (Å²) in [4.78, 5) is 29.7. The van der Waals surface area contributed by atoms with Crippen molar-refractivity contribution in [1.82, 2.24) is 24.7 Å². The van der Waals surface area contributed by atoms with Gasteiger partial charge < -0.3 is 14.7 Å². The maximum Gasteiger partial charge on any atom is 0.419 e. The van der Waals surface area contributed by atoms with Crippen LogP contribution in [0.2, 0.25) is 10.0 Å². The van der Waals surface area contributed by atoms with Crippen molar-refractivity contribution in [2.45, 2.75) is 24.7 Å². The lowest BCUT2D eigenvalue weighted by atomic mass is 9.93. The summed E-state index contributed by atoms with van der Waals surface area (Å²) in [6, 6.07) is 8.02. The van der Waals surface area contributed by atoms with Crippen molar-refractivity contribution in [3.8, 4) is 0 Å². The molecule has 0 radical (unpaired) electrons. The molecule has 2 atom stereocenters. The Morgan fingerprint density at radius 2 is 1.76 bits per heavy atom. The number of hydrogen-bond donors (Lipinski definition) is 0. The van der Waals surface area contributed by atoms with Crippen LogP contribution in [0, 0.1) is 5.82 Å². The fourth-order valence-electron chi connectivity index (χ4n) is 5.53. The first-order valence-electron chi connectivity index (χ1n) is 13.1. The molecule has 0 N–H and O–H groups in total. The van der Waals surface area contributed by atoms with Gasteiger partial charge in [0, 0.05) is 70.2 Å². The third-order valence-electron chi connectivity index (χ3n) is 7.69. The van der Waals surface area contributed by atoms with Gasteiger partial charge in [0.05, 0.1) is 21.8 Å². The molecule has 3 heterocycles. The standard InChI is InChI=1S/C28H28Cl2F4N6O/c1-37(15-18-2-4-21(24(31)12-18)28(32,33)34)25-17-40(16-20(25)19-3-5-22(29)23(30)13-19)27(41)39-10-8-38(9-11-39)26-14-35-6-7-36-26/h2-7,12-14,20,25H,8-11,15-17H2,1H3. The van der Waals surface area contributed by atoms with Crippen LogP contribution in [0.25, 0.3) is 0 Å². The lowest BCUT2D eigenvalue weighted by Gasteiger charge is -2.37. The maximum atomic E-state index is 14.3. The molecule has 13 heteroatoms. The van der Waals surface area contributed by atoms with Gasteiger partial charge in [-0.15, -0.1) is 0 Å². The van der Waals surface area contributed by atoms with Gasteiger partial charge >= 0.3 is 12.2 Å². The average Bonchev–Trinajstić information content (AvgIpc) is 3.40. The minimum atomic E-state index is -4.76. The number of likely N-dealkylation sites (tertiary alicyclic amines) is 1. The molecule has 2 aliphatic heterocycles. The van der Waals surface area contributed by atoms with Crippen LogP contribution >= 0.6 is 23.2 Å². The zero-order valence-corrected chi connectivity index (χ0v) is 23.7. The van der Waals surface area contributed by atoms with Crippen LogP contribution in [0.15, 0.2) is 55.0 Å². The summed E-state index contributed by atoms with van der Waals surface area (Å²) >= 11 is 12.5. The van der Waals surface area contributed by atoms with Crippen LogP contribution in [-0.2, 0) is 12.7 Å². The number of amides is 2. The number of anilines is 1. The van der Waals surface area contributed by atoms with E-state index in [1.54, 1.807) is 35.6 Å². The Labute approximate surface area is 245 Å². The summed E-state index contributed by atoms with van der Waals surface area (Å²) in [5.74, 6) is -0.700. The zero-order valence-electron chi connectivity index (χ0n) is 22.2. The summed E-state index contributed by atoms with van der Waals surface area (Å²) in [7, 11) is 1.82. The van der Waals surface area contributed by atoms with Gasteiger partial charge in [0.1, 0.15) is 11.6 Å². The minimum Gasteiger partial charge on any atom is -0.352 e. The predicted molar refractivity (Wildman–Crippen MR) is 149 cm³/mol. The molecule has 2 aliphatic rings. The SMILES string of the molecule is CN(Cc1ccc(C(F)(F)F)c(F)c1)C1CN(C(=O)N2CCN(c3cnccn3)CC2)CC1c1ccc(Cl)c(Cl)c1. The first-order chi connectivity index (χ1) is 19.5. The Kier molecular flexibility index (Phi) is 8.58. The number of likely N-dealkylation sites (N-methyl/N-ethyl adjacent to an activating group) is 1. The van der Waals surface area contributed by atoms with E-state index in [1.165, 1.54) is 6.07 Å². The third-order valence-corrected chi connectivity index (χ3v) is 8.43. The first-order valence-corrected chi connectivity index (χ1v) is 13.8. The molecular weight excluding hydrogens is 583 g/mol. The minimum absolute atomic E-state index is 0.0923. The smallest absolute Gasteiger partial charge is 0.352 e. The zero-order chi connectivity index (χ0) is 29.3. The average molecular weight is 611 g/mol.